The van der Waals surface area contributed by atoms with Crippen LogP contribution in [0, 0.1) is 5.41 Å². The molecule has 0 saturated heterocycles. The van der Waals surface area contributed by atoms with E-state index in [0.717, 1.165) is 17.8 Å². The van der Waals surface area contributed by atoms with Gasteiger partial charge in [-0.25, -0.2) is 0 Å². The summed E-state index contributed by atoms with van der Waals surface area (Å²) in [6.07, 6.45) is 3.94. The van der Waals surface area contributed by atoms with Crippen molar-refractivity contribution < 1.29 is 0 Å². The summed E-state index contributed by atoms with van der Waals surface area (Å²) in [5.74, 6) is 0. The number of benzene rings is 2. The van der Waals surface area contributed by atoms with Gasteiger partial charge in [-0.1, -0.05) is 50.2 Å². The Balaban J connectivity index is 1.67. The maximum Gasteiger partial charge on any atom is 0.0945 e. The quantitative estimate of drug-likeness (QED) is 0.721. The number of hydrazone groups is 1. The highest BCUT2D eigenvalue weighted by molar-refractivity contribution is 5.86. The van der Waals surface area contributed by atoms with E-state index in [4.69, 9.17) is 0 Å². The Morgan fingerprint density at radius 3 is 2.59 bits per heavy atom. The van der Waals surface area contributed by atoms with E-state index in [0.29, 0.717) is 0 Å². The fourth-order valence-electron chi connectivity index (χ4n) is 2.74. The predicted octanol–water partition coefficient (Wildman–Crippen LogP) is 3.67. The first kappa shape index (κ1) is 13.1. The molecule has 0 saturated carbocycles. The van der Waals surface area contributed by atoms with Crippen LogP contribution in [-0.2, 0) is 0 Å². The Morgan fingerprint density at radius 2 is 1.82 bits per heavy atom. The molecule has 3 aromatic rings. The van der Waals surface area contributed by atoms with Gasteiger partial charge in [-0.3, -0.25) is 0 Å². The number of hydrogen-bond acceptors (Lipinski definition) is 3. The van der Waals surface area contributed by atoms with Gasteiger partial charge >= 0.3 is 0 Å². The number of nitrogens with zero attached hydrogens (tertiary/aromatic N) is 4. The second-order valence-corrected chi connectivity index (χ2v) is 6.45. The third-order valence-electron chi connectivity index (χ3n) is 3.95. The van der Waals surface area contributed by atoms with Crippen LogP contribution in [0.5, 0.6) is 0 Å². The first-order valence-electron chi connectivity index (χ1n) is 7.49. The summed E-state index contributed by atoms with van der Waals surface area (Å²) in [6.45, 7) is 5.18. The monoisotopic (exact) mass is 290 g/mol. The van der Waals surface area contributed by atoms with Crippen molar-refractivity contribution in [2.75, 3.05) is 11.7 Å². The summed E-state index contributed by atoms with van der Waals surface area (Å²) in [5.41, 5.74) is 2.18. The molecule has 4 rings (SSSR count). The number of fused-ring (bicyclic) bond motifs is 1. The van der Waals surface area contributed by atoms with Gasteiger partial charge in [0.15, 0.2) is 0 Å². The van der Waals surface area contributed by atoms with E-state index in [1.165, 1.54) is 10.8 Å². The highest BCUT2D eigenvalue weighted by Crippen LogP contribution is 2.24. The van der Waals surface area contributed by atoms with Crippen molar-refractivity contribution >= 4 is 17.0 Å². The molecule has 110 valence electrons. The lowest BCUT2D eigenvalue weighted by atomic mass is 9.97. The van der Waals surface area contributed by atoms with E-state index in [1.54, 1.807) is 0 Å². The van der Waals surface area contributed by atoms with Crippen molar-refractivity contribution in [1.29, 1.82) is 0 Å². The Hall–Kier alpha value is -2.62. The van der Waals surface area contributed by atoms with Crippen LogP contribution in [-0.4, -0.2) is 22.6 Å². The minimum atomic E-state index is 0.0923. The molecular formula is C18H18N4. The molecule has 0 amide bonds. The molecule has 0 atom stereocenters. The van der Waals surface area contributed by atoms with Crippen molar-refractivity contribution in [2.45, 2.75) is 13.8 Å². The molecule has 2 heterocycles. The molecule has 4 nitrogen and oxygen atoms in total. The van der Waals surface area contributed by atoms with Crippen LogP contribution >= 0.6 is 0 Å². The fourth-order valence-corrected chi connectivity index (χ4v) is 2.74. The molecule has 0 aliphatic carbocycles. The van der Waals surface area contributed by atoms with Gasteiger partial charge in [-0.05, 0) is 22.9 Å². The summed E-state index contributed by atoms with van der Waals surface area (Å²) in [4.78, 5) is 1.82. The highest BCUT2D eigenvalue weighted by Gasteiger charge is 2.26. The first-order valence-corrected chi connectivity index (χ1v) is 7.49. The molecule has 1 aromatic heterocycles. The average Bonchev–Trinajstić information content (AvgIpc) is 3.13. The Bertz CT molecular complexity index is 860. The van der Waals surface area contributed by atoms with Crippen LogP contribution in [0.15, 0.2) is 59.8 Å². The van der Waals surface area contributed by atoms with E-state index in [-0.39, 0.29) is 5.41 Å². The molecule has 0 fully saturated rings. The maximum atomic E-state index is 4.66. The van der Waals surface area contributed by atoms with E-state index < -0.39 is 0 Å². The van der Waals surface area contributed by atoms with E-state index in [2.05, 4.69) is 66.5 Å². The van der Waals surface area contributed by atoms with Crippen molar-refractivity contribution in [3.63, 3.8) is 0 Å². The third-order valence-corrected chi connectivity index (χ3v) is 3.95. The van der Waals surface area contributed by atoms with Crippen LogP contribution in [0.25, 0.3) is 22.0 Å². The largest absolute Gasteiger partial charge is 0.184 e. The zero-order chi connectivity index (χ0) is 15.2. The molecular weight excluding hydrogens is 272 g/mol. The second kappa shape index (κ2) is 4.70. The van der Waals surface area contributed by atoms with Gasteiger partial charge < -0.3 is 0 Å². The number of rotatable bonds is 2. The summed E-state index contributed by atoms with van der Waals surface area (Å²) in [7, 11) is 0. The van der Waals surface area contributed by atoms with Gasteiger partial charge in [-0.15, -0.1) is 0 Å². The molecule has 0 N–H and O–H groups in total. The van der Waals surface area contributed by atoms with Crippen LogP contribution in [0.2, 0.25) is 0 Å². The van der Waals surface area contributed by atoms with E-state index >= 15 is 0 Å². The summed E-state index contributed by atoms with van der Waals surface area (Å²) < 4.78 is 0. The molecule has 22 heavy (non-hydrogen) atoms. The minimum absolute atomic E-state index is 0.0923. The average molecular weight is 290 g/mol. The molecule has 1 aliphatic heterocycles. The van der Waals surface area contributed by atoms with E-state index in [9.17, 15) is 0 Å². The lowest BCUT2D eigenvalue weighted by Crippen LogP contribution is -2.32. The number of aromatic nitrogens is 2. The SMILES string of the molecule is CC1(C)C=NN(n2ccc(-c3ccc4ccccc4c3)n2)C1. The molecule has 1 aliphatic rings. The van der Waals surface area contributed by atoms with Crippen molar-refractivity contribution in [1.82, 2.24) is 9.89 Å². The van der Waals surface area contributed by atoms with Gasteiger partial charge in [0.1, 0.15) is 0 Å². The summed E-state index contributed by atoms with van der Waals surface area (Å²) in [5, 5.41) is 13.5. The summed E-state index contributed by atoms with van der Waals surface area (Å²) in [6, 6.07) is 16.8. The van der Waals surface area contributed by atoms with Crippen LogP contribution in [0.1, 0.15) is 13.8 Å². The standard InChI is InChI=1S/C18H18N4/c1-18(2)12-19-22(13-18)21-10-9-17(20-21)16-8-7-14-5-3-4-6-15(14)11-16/h3-12H,13H2,1-2H3. The van der Waals surface area contributed by atoms with Crippen LogP contribution in [0.4, 0.5) is 0 Å². The first-order chi connectivity index (χ1) is 10.6. The topological polar surface area (TPSA) is 33.4 Å². The molecule has 2 aromatic carbocycles. The lowest BCUT2D eigenvalue weighted by molar-refractivity contribution is 0.474. The van der Waals surface area contributed by atoms with Gasteiger partial charge in [0.2, 0.25) is 0 Å². The summed E-state index contributed by atoms with van der Waals surface area (Å²) >= 11 is 0. The highest BCUT2D eigenvalue weighted by atomic mass is 15.8. The predicted molar refractivity (Wildman–Crippen MR) is 90.5 cm³/mol. The lowest BCUT2D eigenvalue weighted by Gasteiger charge is -2.18. The minimum Gasteiger partial charge on any atom is -0.184 e. The normalized spacial score (nSPS) is 16.5. The maximum absolute atomic E-state index is 4.66. The van der Waals surface area contributed by atoms with Crippen molar-refractivity contribution in [2.24, 2.45) is 10.5 Å². The Kier molecular flexibility index (Phi) is 2.79. The number of hydrogen-bond donors (Lipinski definition) is 0. The molecule has 0 spiro atoms. The Morgan fingerprint density at radius 1 is 1.00 bits per heavy atom. The van der Waals surface area contributed by atoms with Gasteiger partial charge in [0.05, 0.1) is 18.4 Å². The van der Waals surface area contributed by atoms with Crippen molar-refractivity contribution in [3.05, 3.63) is 54.7 Å². The smallest absolute Gasteiger partial charge is 0.0945 e. The van der Waals surface area contributed by atoms with Gasteiger partial charge in [-0.2, -0.15) is 20.1 Å². The third kappa shape index (κ3) is 2.26. The fraction of sp³-hybridized carbons (Fsp3) is 0.222. The molecule has 4 heteroatoms. The zero-order valence-corrected chi connectivity index (χ0v) is 12.8. The zero-order valence-electron chi connectivity index (χ0n) is 12.8. The van der Waals surface area contributed by atoms with Gasteiger partial charge in [0.25, 0.3) is 0 Å². The van der Waals surface area contributed by atoms with Crippen LogP contribution in [0.3, 0.4) is 0 Å². The van der Waals surface area contributed by atoms with E-state index in [1.807, 2.05) is 28.4 Å². The Labute approximate surface area is 129 Å². The second-order valence-electron chi connectivity index (χ2n) is 6.45. The molecule has 0 unspecified atom stereocenters. The van der Waals surface area contributed by atoms with Crippen LogP contribution < -0.4 is 5.12 Å². The molecule has 0 radical (unpaired) electrons. The molecule has 0 bridgehead atoms. The van der Waals surface area contributed by atoms with Crippen molar-refractivity contribution in [3.8, 4) is 11.3 Å². The van der Waals surface area contributed by atoms with Gasteiger partial charge in [0, 0.05) is 17.2 Å².